The first-order valence-corrected chi connectivity index (χ1v) is 6.28. The predicted molar refractivity (Wildman–Crippen MR) is 68.7 cm³/mol. The van der Waals surface area contributed by atoms with Gasteiger partial charge in [-0.25, -0.2) is 0 Å². The number of hydrogen-bond donors (Lipinski definition) is 0. The lowest BCUT2D eigenvalue weighted by Gasteiger charge is -2.22. The quantitative estimate of drug-likeness (QED) is 0.779. The predicted octanol–water partition coefficient (Wildman–Crippen LogP) is 3.54. The number of hydrogen-bond acceptors (Lipinski definition) is 2. The van der Waals surface area contributed by atoms with Gasteiger partial charge in [0.1, 0.15) is 11.5 Å². The zero-order valence-electron chi connectivity index (χ0n) is 10.9. The minimum absolute atomic E-state index is 0.410. The molecule has 1 aliphatic rings. The van der Waals surface area contributed by atoms with Gasteiger partial charge in [0, 0.05) is 12.8 Å². The molecule has 0 radical (unpaired) electrons. The van der Waals surface area contributed by atoms with E-state index in [1.54, 1.807) is 7.11 Å². The molecule has 1 aromatic carbocycles. The zero-order chi connectivity index (χ0) is 12.4. The van der Waals surface area contributed by atoms with Crippen LogP contribution in [0, 0.1) is 13.8 Å². The third-order valence-corrected chi connectivity index (χ3v) is 3.64. The van der Waals surface area contributed by atoms with Gasteiger partial charge >= 0.3 is 0 Å². The molecule has 1 atom stereocenters. The molecule has 1 aliphatic carbocycles. The summed E-state index contributed by atoms with van der Waals surface area (Å²) in [6, 6.07) is 4.35. The summed E-state index contributed by atoms with van der Waals surface area (Å²) in [6.45, 7) is 4.14. The van der Waals surface area contributed by atoms with E-state index in [0.717, 1.165) is 25.0 Å². The van der Waals surface area contributed by atoms with E-state index in [0.29, 0.717) is 18.1 Å². The zero-order valence-corrected chi connectivity index (χ0v) is 10.9. The highest BCUT2D eigenvalue weighted by Gasteiger charge is 2.22. The van der Waals surface area contributed by atoms with Crippen LogP contribution in [0.25, 0.3) is 0 Å². The number of Topliss-reactive ketones (excluding diaryl/α,β-unsaturated/α-hetero) is 1. The standard InChI is InChI=1S/C15H20O2/c1-10-7-13(8-11(2)15(10)17-3)12-5-4-6-14(16)9-12/h7-8,12H,4-6,9H2,1-3H3. The van der Waals surface area contributed by atoms with Gasteiger partial charge in [0.05, 0.1) is 7.11 Å². The largest absolute Gasteiger partial charge is 0.496 e. The van der Waals surface area contributed by atoms with Gasteiger partial charge in [-0.05, 0) is 49.3 Å². The molecule has 2 heteroatoms. The smallest absolute Gasteiger partial charge is 0.133 e. The minimum Gasteiger partial charge on any atom is -0.496 e. The van der Waals surface area contributed by atoms with Crippen LogP contribution in [0.1, 0.15) is 48.3 Å². The fourth-order valence-corrected chi connectivity index (χ4v) is 2.85. The monoisotopic (exact) mass is 232 g/mol. The summed E-state index contributed by atoms with van der Waals surface area (Å²) in [5, 5.41) is 0. The fourth-order valence-electron chi connectivity index (χ4n) is 2.85. The molecule has 1 aromatic rings. The van der Waals surface area contributed by atoms with Gasteiger partial charge in [0.25, 0.3) is 0 Å². The Morgan fingerprint density at radius 3 is 2.41 bits per heavy atom. The maximum absolute atomic E-state index is 11.5. The van der Waals surface area contributed by atoms with Crippen LogP contribution in [-0.4, -0.2) is 12.9 Å². The van der Waals surface area contributed by atoms with Crippen LogP contribution in [0.5, 0.6) is 5.75 Å². The molecule has 2 rings (SSSR count). The molecule has 0 heterocycles. The Labute approximate surface area is 103 Å². The Hall–Kier alpha value is -1.31. The van der Waals surface area contributed by atoms with E-state index >= 15 is 0 Å². The summed E-state index contributed by atoms with van der Waals surface area (Å²) in [4.78, 5) is 11.5. The molecule has 0 spiro atoms. The average Bonchev–Trinajstić information content (AvgIpc) is 2.28. The van der Waals surface area contributed by atoms with Gasteiger partial charge in [-0.15, -0.1) is 0 Å². The Morgan fingerprint density at radius 1 is 1.24 bits per heavy atom. The van der Waals surface area contributed by atoms with E-state index in [1.165, 1.54) is 16.7 Å². The summed E-state index contributed by atoms with van der Waals surface area (Å²) in [7, 11) is 1.71. The van der Waals surface area contributed by atoms with E-state index in [1.807, 2.05) is 0 Å². The number of methoxy groups -OCH3 is 1. The topological polar surface area (TPSA) is 26.3 Å². The lowest BCUT2D eigenvalue weighted by atomic mass is 9.82. The second-order valence-corrected chi connectivity index (χ2v) is 5.02. The molecule has 0 amide bonds. The summed E-state index contributed by atoms with van der Waals surface area (Å²) < 4.78 is 5.37. The second-order valence-electron chi connectivity index (χ2n) is 5.02. The third kappa shape index (κ3) is 2.51. The molecule has 1 unspecified atom stereocenters. The van der Waals surface area contributed by atoms with Crippen molar-refractivity contribution in [1.82, 2.24) is 0 Å². The highest BCUT2D eigenvalue weighted by atomic mass is 16.5. The van der Waals surface area contributed by atoms with Crippen molar-refractivity contribution in [2.75, 3.05) is 7.11 Å². The van der Waals surface area contributed by atoms with Crippen LogP contribution in [-0.2, 0) is 4.79 Å². The van der Waals surface area contributed by atoms with Crippen molar-refractivity contribution in [2.24, 2.45) is 0 Å². The average molecular weight is 232 g/mol. The third-order valence-electron chi connectivity index (χ3n) is 3.64. The molecule has 0 bridgehead atoms. The van der Waals surface area contributed by atoms with Crippen molar-refractivity contribution < 1.29 is 9.53 Å². The van der Waals surface area contributed by atoms with Crippen molar-refractivity contribution in [3.8, 4) is 5.75 Å². The van der Waals surface area contributed by atoms with Crippen molar-refractivity contribution in [1.29, 1.82) is 0 Å². The van der Waals surface area contributed by atoms with Gasteiger partial charge in [-0.3, -0.25) is 4.79 Å². The molecule has 17 heavy (non-hydrogen) atoms. The van der Waals surface area contributed by atoms with E-state index in [2.05, 4.69) is 26.0 Å². The van der Waals surface area contributed by atoms with Crippen LogP contribution in [0.15, 0.2) is 12.1 Å². The first kappa shape index (κ1) is 12.2. The number of aryl methyl sites for hydroxylation is 2. The van der Waals surface area contributed by atoms with E-state index in [4.69, 9.17) is 4.74 Å². The van der Waals surface area contributed by atoms with Crippen LogP contribution < -0.4 is 4.74 Å². The molecule has 1 saturated carbocycles. The number of carbonyl (C=O) groups excluding carboxylic acids is 1. The van der Waals surface area contributed by atoms with E-state index in [9.17, 15) is 4.79 Å². The number of ether oxygens (including phenoxy) is 1. The molecule has 0 N–H and O–H groups in total. The molecule has 0 aromatic heterocycles. The molecule has 2 nitrogen and oxygen atoms in total. The minimum atomic E-state index is 0.410. The highest BCUT2D eigenvalue weighted by Crippen LogP contribution is 2.34. The fraction of sp³-hybridized carbons (Fsp3) is 0.533. The molecular formula is C15H20O2. The van der Waals surface area contributed by atoms with Gasteiger partial charge < -0.3 is 4.74 Å². The molecule has 92 valence electrons. The van der Waals surface area contributed by atoms with Crippen LogP contribution >= 0.6 is 0 Å². The Morgan fingerprint density at radius 2 is 1.88 bits per heavy atom. The SMILES string of the molecule is COc1c(C)cc(C2CCCC(=O)C2)cc1C. The summed E-state index contributed by atoms with van der Waals surface area (Å²) in [5.41, 5.74) is 3.63. The maximum Gasteiger partial charge on any atom is 0.133 e. The Kier molecular flexibility index (Phi) is 3.51. The van der Waals surface area contributed by atoms with E-state index < -0.39 is 0 Å². The van der Waals surface area contributed by atoms with Gasteiger partial charge in [0.15, 0.2) is 0 Å². The maximum atomic E-state index is 11.5. The van der Waals surface area contributed by atoms with Gasteiger partial charge in [0.2, 0.25) is 0 Å². The highest BCUT2D eigenvalue weighted by molar-refractivity contribution is 5.80. The van der Waals surface area contributed by atoms with E-state index in [-0.39, 0.29) is 0 Å². The molecule has 0 saturated heterocycles. The number of rotatable bonds is 2. The number of ketones is 1. The molecule has 0 aliphatic heterocycles. The Balaban J connectivity index is 2.30. The normalized spacial score (nSPS) is 20.4. The summed E-state index contributed by atoms with van der Waals surface area (Å²) >= 11 is 0. The van der Waals surface area contributed by atoms with Crippen molar-refractivity contribution in [3.05, 3.63) is 28.8 Å². The summed E-state index contributed by atoms with van der Waals surface area (Å²) in [5.74, 6) is 1.79. The summed E-state index contributed by atoms with van der Waals surface area (Å²) in [6.07, 6.45) is 3.65. The molecule has 1 fully saturated rings. The van der Waals surface area contributed by atoms with Crippen LogP contribution in [0.3, 0.4) is 0 Å². The van der Waals surface area contributed by atoms with Crippen LogP contribution in [0.4, 0.5) is 0 Å². The number of benzene rings is 1. The first-order valence-electron chi connectivity index (χ1n) is 6.28. The Bertz CT molecular complexity index is 412. The first-order chi connectivity index (χ1) is 8.11. The van der Waals surface area contributed by atoms with Crippen molar-refractivity contribution in [2.45, 2.75) is 45.4 Å². The van der Waals surface area contributed by atoms with Crippen molar-refractivity contribution >= 4 is 5.78 Å². The van der Waals surface area contributed by atoms with Crippen LogP contribution in [0.2, 0.25) is 0 Å². The van der Waals surface area contributed by atoms with Crippen molar-refractivity contribution in [3.63, 3.8) is 0 Å². The van der Waals surface area contributed by atoms with Gasteiger partial charge in [-0.1, -0.05) is 12.1 Å². The lowest BCUT2D eigenvalue weighted by molar-refractivity contribution is -0.120. The molecular weight excluding hydrogens is 212 g/mol. The second kappa shape index (κ2) is 4.91. The number of carbonyl (C=O) groups is 1. The van der Waals surface area contributed by atoms with Gasteiger partial charge in [-0.2, -0.15) is 0 Å². The lowest BCUT2D eigenvalue weighted by Crippen LogP contribution is -2.13.